The maximum absolute atomic E-state index is 12.3. The van der Waals surface area contributed by atoms with E-state index in [4.69, 9.17) is 15.5 Å². The third-order valence-corrected chi connectivity index (χ3v) is 7.45. The molecule has 0 bridgehead atoms. The van der Waals surface area contributed by atoms with Crippen molar-refractivity contribution >= 4 is 28.1 Å². The molecule has 0 amide bonds. The number of hydrogen-bond donors (Lipinski definition) is 1. The third-order valence-electron chi connectivity index (χ3n) is 7.45. The molecule has 2 heterocycles. The van der Waals surface area contributed by atoms with Gasteiger partial charge in [0.2, 0.25) is 0 Å². The van der Waals surface area contributed by atoms with Crippen LogP contribution in [0.2, 0.25) is 0 Å². The van der Waals surface area contributed by atoms with Crippen molar-refractivity contribution in [2.45, 2.75) is 74.1 Å². The molecule has 4 heteroatoms. The molecule has 0 fully saturated rings. The van der Waals surface area contributed by atoms with Gasteiger partial charge in [0.25, 0.3) is 0 Å². The number of allylic oxidation sites excluding steroid dienone is 2. The largest absolute Gasteiger partial charge is 0.460 e. The maximum Gasteiger partial charge on any atom is 0.313 e. The maximum atomic E-state index is 12.3. The summed E-state index contributed by atoms with van der Waals surface area (Å²) in [6.07, 6.45) is 5.90. The molecule has 1 aliphatic heterocycles. The van der Waals surface area contributed by atoms with E-state index < -0.39 is 0 Å². The molecule has 206 valence electrons. The zero-order valence-corrected chi connectivity index (χ0v) is 24.8. The molecule has 4 nitrogen and oxygen atoms in total. The number of ether oxygens (including phenoxy) is 1. The number of carbonyl (C=O) groups excluding carboxylic acids is 1. The van der Waals surface area contributed by atoms with Gasteiger partial charge in [0.15, 0.2) is 0 Å². The van der Waals surface area contributed by atoms with Gasteiger partial charge in [-0.1, -0.05) is 64.1 Å². The second kappa shape index (κ2) is 13.4. The average Bonchev–Trinajstić information content (AvgIpc) is 2.94. The number of hydrogen-bond acceptors (Lipinski definition) is 4. The summed E-state index contributed by atoms with van der Waals surface area (Å²) in [5.74, 6) is -0.512. The number of nitrogen functional groups attached to an aromatic ring is 1. The summed E-state index contributed by atoms with van der Waals surface area (Å²) in [4.78, 5) is 17.5. The highest BCUT2D eigenvalue weighted by atomic mass is 16.5. The summed E-state index contributed by atoms with van der Waals surface area (Å²) < 4.78 is 5.38. The summed E-state index contributed by atoms with van der Waals surface area (Å²) >= 11 is 0. The third kappa shape index (κ3) is 6.68. The molecule has 2 aromatic carbocycles. The van der Waals surface area contributed by atoms with Gasteiger partial charge < -0.3 is 10.5 Å². The van der Waals surface area contributed by atoms with E-state index in [-0.39, 0.29) is 18.5 Å². The number of benzene rings is 2. The van der Waals surface area contributed by atoms with Gasteiger partial charge in [-0.25, -0.2) is 4.98 Å². The van der Waals surface area contributed by atoms with Gasteiger partial charge >= 0.3 is 5.97 Å². The van der Waals surface area contributed by atoms with Gasteiger partial charge in [0.1, 0.15) is 6.61 Å². The quantitative estimate of drug-likeness (QED) is 0.238. The lowest BCUT2D eigenvalue weighted by Gasteiger charge is -2.25. The summed E-state index contributed by atoms with van der Waals surface area (Å²) in [5, 5.41) is 1.24. The molecule has 1 atom stereocenters. The van der Waals surface area contributed by atoms with E-state index in [1.807, 2.05) is 39.8 Å². The molecule has 3 aromatic rings. The molecule has 39 heavy (non-hydrogen) atoms. The van der Waals surface area contributed by atoms with Crippen LogP contribution in [-0.4, -0.2) is 17.6 Å². The Morgan fingerprint density at radius 1 is 1.03 bits per heavy atom. The second-order valence-corrected chi connectivity index (χ2v) is 10.1. The lowest BCUT2D eigenvalue weighted by atomic mass is 9.87. The molecule has 1 aromatic heterocycles. The van der Waals surface area contributed by atoms with E-state index in [9.17, 15) is 4.79 Å². The molecule has 4 rings (SSSR count). The van der Waals surface area contributed by atoms with Crippen molar-refractivity contribution < 1.29 is 9.53 Å². The highest BCUT2D eigenvalue weighted by Gasteiger charge is 2.27. The lowest BCUT2D eigenvalue weighted by molar-refractivity contribution is -0.146. The normalized spacial score (nSPS) is 15.6. The smallest absolute Gasteiger partial charge is 0.313 e. The standard InChI is InChI=1S/C33H38N2O2.C2H6/c1-7-26-27(8-2)32(21(5)17-28-22(6)33(36)37-19-30(28)20(3)4)35-31-16-13-24(18-29(26)31)10-9-23-11-14-25(34)15-12-23;1-2/h11-18,22H,3,7-10,19,34H2,1-2,4-6H3;1-2H3/b21-17+;. The number of esters is 1. The zero-order chi connectivity index (χ0) is 28.7. The van der Waals surface area contributed by atoms with Crippen LogP contribution in [0.4, 0.5) is 5.69 Å². The van der Waals surface area contributed by atoms with Crippen molar-refractivity contribution in [2.75, 3.05) is 12.3 Å². The first-order chi connectivity index (χ1) is 18.7. The molecule has 0 aliphatic carbocycles. The van der Waals surface area contributed by atoms with Crippen molar-refractivity contribution in [1.29, 1.82) is 0 Å². The number of pyridine rings is 1. The minimum Gasteiger partial charge on any atom is -0.460 e. The zero-order valence-electron chi connectivity index (χ0n) is 24.8. The number of aryl methyl sites for hydroxylation is 3. The topological polar surface area (TPSA) is 65.2 Å². The number of fused-ring (bicyclic) bond motifs is 1. The van der Waals surface area contributed by atoms with E-state index in [1.165, 1.54) is 27.6 Å². The summed E-state index contributed by atoms with van der Waals surface area (Å²) in [7, 11) is 0. The molecule has 2 N–H and O–H groups in total. The predicted octanol–water partition coefficient (Wildman–Crippen LogP) is 8.22. The van der Waals surface area contributed by atoms with Gasteiger partial charge in [-0.2, -0.15) is 0 Å². The van der Waals surface area contributed by atoms with Crippen LogP contribution >= 0.6 is 0 Å². The van der Waals surface area contributed by atoms with Crippen molar-refractivity contribution in [3.05, 3.63) is 99.8 Å². The van der Waals surface area contributed by atoms with Crippen LogP contribution in [0.15, 0.2) is 71.8 Å². The van der Waals surface area contributed by atoms with Crippen molar-refractivity contribution in [1.82, 2.24) is 4.98 Å². The number of anilines is 1. The van der Waals surface area contributed by atoms with E-state index in [2.05, 4.69) is 63.8 Å². The lowest BCUT2D eigenvalue weighted by Crippen LogP contribution is -2.25. The molecule has 0 saturated heterocycles. The predicted molar refractivity (Wildman–Crippen MR) is 166 cm³/mol. The van der Waals surface area contributed by atoms with Crippen LogP contribution in [0, 0.1) is 5.92 Å². The molecule has 0 spiro atoms. The van der Waals surface area contributed by atoms with Crippen molar-refractivity contribution in [3.8, 4) is 0 Å². The average molecular weight is 525 g/mol. The number of nitrogens with two attached hydrogens (primary N) is 1. The molecular formula is C35H44N2O2. The molecule has 0 saturated carbocycles. The Morgan fingerprint density at radius 2 is 1.64 bits per heavy atom. The minimum atomic E-state index is -0.324. The fraction of sp³-hybridized carbons (Fsp3) is 0.371. The van der Waals surface area contributed by atoms with Crippen LogP contribution in [0.3, 0.4) is 0 Å². The SMILES string of the molecule is C=C(C)C1=C(/C=C(\C)c2nc3ccc(CCc4ccc(N)cc4)cc3c(CC)c2CC)C(C)C(=O)OC1.CC. The van der Waals surface area contributed by atoms with Gasteiger partial charge in [-0.05, 0) is 110 Å². The minimum absolute atomic E-state index is 0.188. The summed E-state index contributed by atoms with van der Waals surface area (Å²) in [6, 6.07) is 14.8. The Labute approximate surface area is 234 Å². The van der Waals surface area contributed by atoms with Crippen molar-refractivity contribution in [3.63, 3.8) is 0 Å². The Kier molecular flexibility index (Phi) is 10.3. The van der Waals surface area contributed by atoms with E-state index in [0.29, 0.717) is 0 Å². The van der Waals surface area contributed by atoms with Crippen LogP contribution < -0.4 is 5.73 Å². The van der Waals surface area contributed by atoms with Gasteiger partial charge in [0, 0.05) is 11.1 Å². The first kappa shape index (κ1) is 29.9. The highest BCUT2D eigenvalue weighted by Crippen LogP contribution is 2.33. The number of aromatic nitrogens is 1. The fourth-order valence-electron chi connectivity index (χ4n) is 5.28. The van der Waals surface area contributed by atoms with Crippen molar-refractivity contribution in [2.24, 2.45) is 5.92 Å². The Morgan fingerprint density at radius 3 is 2.26 bits per heavy atom. The summed E-state index contributed by atoms with van der Waals surface area (Å²) in [5.41, 5.74) is 17.9. The molecule has 1 unspecified atom stereocenters. The summed E-state index contributed by atoms with van der Waals surface area (Å²) in [6.45, 7) is 18.8. The first-order valence-corrected chi connectivity index (χ1v) is 14.3. The first-order valence-electron chi connectivity index (χ1n) is 14.3. The number of rotatable bonds is 8. The van der Waals surface area contributed by atoms with Crippen LogP contribution in [-0.2, 0) is 35.2 Å². The number of cyclic esters (lactones) is 1. The Hall–Kier alpha value is -3.66. The molecule has 0 radical (unpaired) electrons. The van der Waals surface area contributed by atoms with Crippen LogP contribution in [0.25, 0.3) is 16.5 Å². The van der Waals surface area contributed by atoms with Gasteiger partial charge in [0.05, 0.1) is 17.1 Å². The molecular weight excluding hydrogens is 480 g/mol. The fourth-order valence-corrected chi connectivity index (χ4v) is 5.28. The van der Waals surface area contributed by atoms with Gasteiger partial charge in [-0.3, -0.25) is 4.79 Å². The highest BCUT2D eigenvalue weighted by molar-refractivity contribution is 5.88. The van der Waals surface area contributed by atoms with E-state index in [0.717, 1.165) is 64.9 Å². The number of carbonyl (C=O) groups is 1. The number of nitrogens with zero attached hydrogens (tertiary/aromatic N) is 1. The Bertz CT molecular complexity index is 1410. The van der Waals surface area contributed by atoms with Crippen LogP contribution in [0.5, 0.6) is 0 Å². The van der Waals surface area contributed by atoms with Crippen LogP contribution in [0.1, 0.15) is 76.4 Å². The Balaban J connectivity index is 0.00000205. The van der Waals surface area contributed by atoms with E-state index in [1.54, 1.807) is 0 Å². The van der Waals surface area contributed by atoms with Gasteiger partial charge in [-0.15, -0.1) is 0 Å². The molecule has 1 aliphatic rings. The second-order valence-electron chi connectivity index (χ2n) is 10.1. The van der Waals surface area contributed by atoms with E-state index >= 15 is 0 Å². The monoisotopic (exact) mass is 524 g/mol.